The molecule has 92 valence electrons. The molecule has 1 unspecified atom stereocenters. The van der Waals surface area contributed by atoms with E-state index in [1.54, 1.807) is 0 Å². The quantitative estimate of drug-likeness (QED) is 0.731. The molecule has 0 spiro atoms. The van der Waals surface area contributed by atoms with Crippen LogP contribution in [0.1, 0.15) is 37.3 Å². The van der Waals surface area contributed by atoms with Gasteiger partial charge in [-0.1, -0.05) is 18.2 Å². The lowest BCUT2D eigenvalue weighted by molar-refractivity contribution is 0.114. The van der Waals surface area contributed by atoms with E-state index < -0.39 is 0 Å². The number of hydrogen-bond donors (Lipinski definition) is 3. The third-order valence-corrected chi connectivity index (χ3v) is 3.97. The minimum absolute atomic E-state index is 0.0676. The molecule has 1 fully saturated rings. The summed E-state index contributed by atoms with van der Waals surface area (Å²) < 4.78 is 0. The first-order valence-corrected chi connectivity index (χ1v) is 6.60. The van der Waals surface area contributed by atoms with Crippen molar-refractivity contribution in [2.45, 2.75) is 43.9 Å². The van der Waals surface area contributed by atoms with Crippen LogP contribution in [0.25, 0.3) is 0 Å². The lowest BCUT2D eigenvalue weighted by atomic mass is 9.92. The summed E-state index contributed by atoms with van der Waals surface area (Å²) in [4.78, 5) is 0. The first-order chi connectivity index (χ1) is 8.33. The van der Waals surface area contributed by atoms with E-state index in [9.17, 15) is 5.11 Å². The second kappa shape index (κ2) is 4.67. The van der Waals surface area contributed by atoms with Crippen LogP contribution in [-0.4, -0.2) is 23.8 Å². The molecular weight excluding hydrogens is 212 g/mol. The summed E-state index contributed by atoms with van der Waals surface area (Å²) >= 11 is 0. The van der Waals surface area contributed by atoms with Gasteiger partial charge >= 0.3 is 0 Å². The summed E-state index contributed by atoms with van der Waals surface area (Å²) in [5, 5.41) is 16.7. The van der Waals surface area contributed by atoms with Crippen molar-refractivity contribution in [1.29, 1.82) is 0 Å². The van der Waals surface area contributed by atoms with E-state index >= 15 is 0 Å². The number of hydrogen-bond acceptors (Lipinski definition) is 3. The smallest absolute Gasteiger partial charge is 0.0541 e. The normalized spacial score (nSPS) is 31.9. The third-order valence-electron chi connectivity index (χ3n) is 3.97. The lowest BCUT2D eigenvalue weighted by Crippen LogP contribution is -2.37. The summed E-state index contributed by atoms with van der Waals surface area (Å²) in [6, 6.07) is 9.52. The van der Waals surface area contributed by atoms with Gasteiger partial charge in [0.1, 0.15) is 0 Å². The van der Waals surface area contributed by atoms with Gasteiger partial charge in [-0.3, -0.25) is 0 Å². The molecule has 0 radical (unpaired) electrons. The molecule has 17 heavy (non-hydrogen) atoms. The monoisotopic (exact) mass is 232 g/mol. The highest BCUT2D eigenvalue weighted by atomic mass is 16.3. The highest BCUT2D eigenvalue weighted by molar-refractivity contribution is 5.57. The van der Waals surface area contributed by atoms with Gasteiger partial charge in [0.25, 0.3) is 0 Å². The van der Waals surface area contributed by atoms with Gasteiger partial charge in [-0.15, -0.1) is 0 Å². The Morgan fingerprint density at radius 1 is 1.12 bits per heavy atom. The number of nitrogens with one attached hydrogen (secondary N) is 2. The molecule has 3 N–H and O–H groups in total. The number of anilines is 1. The summed E-state index contributed by atoms with van der Waals surface area (Å²) in [6.45, 7) is 0.985. The lowest BCUT2D eigenvalue weighted by Gasteiger charge is -2.29. The molecule has 1 atom stereocenters. The molecule has 1 aromatic rings. The topological polar surface area (TPSA) is 44.3 Å². The standard InChI is InChI=1S/C14H20N2O/c17-11-7-5-10(6-8-11)16-14-9-15-13-4-2-1-3-12(13)14/h1-4,10-11,14-17H,5-9H2. The molecule has 3 rings (SSSR count). The highest BCUT2D eigenvalue weighted by Crippen LogP contribution is 2.31. The van der Waals surface area contributed by atoms with Crippen molar-refractivity contribution < 1.29 is 5.11 Å². The van der Waals surface area contributed by atoms with Crippen LogP contribution < -0.4 is 10.6 Å². The minimum atomic E-state index is -0.0676. The van der Waals surface area contributed by atoms with E-state index in [0.717, 1.165) is 32.2 Å². The molecule has 3 nitrogen and oxygen atoms in total. The number of rotatable bonds is 2. The average Bonchev–Trinajstić information content (AvgIpc) is 2.76. The van der Waals surface area contributed by atoms with Crippen LogP contribution in [0.4, 0.5) is 5.69 Å². The maximum atomic E-state index is 9.51. The van der Waals surface area contributed by atoms with Gasteiger partial charge in [-0.25, -0.2) is 0 Å². The van der Waals surface area contributed by atoms with E-state index in [2.05, 4.69) is 34.9 Å². The molecule has 3 heteroatoms. The Morgan fingerprint density at radius 2 is 1.88 bits per heavy atom. The Morgan fingerprint density at radius 3 is 2.71 bits per heavy atom. The maximum Gasteiger partial charge on any atom is 0.0541 e. The second-order valence-electron chi connectivity index (χ2n) is 5.19. The molecular formula is C14H20N2O. The number of benzene rings is 1. The first-order valence-electron chi connectivity index (χ1n) is 6.60. The Balaban J connectivity index is 1.64. The Hall–Kier alpha value is -1.06. The fourth-order valence-corrected chi connectivity index (χ4v) is 2.96. The van der Waals surface area contributed by atoms with Crippen molar-refractivity contribution >= 4 is 5.69 Å². The van der Waals surface area contributed by atoms with E-state index in [4.69, 9.17) is 0 Å². The van der Waals surface area contributed by atoms with Crippen molar-refractivity contribution in [2.24, 2.45) is 0 Å². The van der Waals surface area contributed by atoms with Crippen LogP contribution in [0, 0.1) is 0 Å². The predicted molar refractivity (Wildman–Crippen MR) is 69.1 cm³/mol. The number of aliphatic hydroxyl groups is 1. The SMILES string of the molecule is OC1CCC(NC2CNc3ccccc32)CC1. The zero-order chi connectivity index (χ0) is 11.7. The number of aliphatic hydroxyl groups excluding tert-OH is 1. The Kier molecular flexibility index (Phi) is 3.04. The van der Waals surface area contributed by atoms with Gasteiger partial charge in [-0.05, 0) is 37.3 Å². The largest absolute Gasteiger partial charge is 0.393 e. The maximum absolute atomic E-state index is 9.51. The highest BCUT2D eigenvalue weighted by Gasteiger charge is 2.26. The predicted octanol–water partition coefficient (Wildman–Crippen LogP) is 2.05. The van der Waals surface area contributed by atoms with Crippen molar-refractivity contribution in [2.75, 3.05) is 11.9 Å². The van der Waals surface area contributed by atoms with Crippen LogP contribution in [0.15, 0.2) is 24.3 Å². The van der Waals surface area contributed by atoms with Gasteiger partial charge in [-0.2, -0.15) is 0 Å². The molecule has 2 aliphatic rings. The van der Waals surface area contributed by atoms with Crippen LogP contribution in [0.3, 0.4) is 0 Å². The van der Waals surface area contributed by atoms with Crippen molar-refractivity contribution in [3.63, 3.8) is 0 Å². The molecule has 1 aliphatic carbocycles. The Labute approximate surface area is 102 Å². The molecule has 1 aromatic carbocycles. The van der Waals surface area contributed by atoms with Crippen LogP contribution in [0.2, 0.25) is 0 Å². The summed E-state index contributed by atoms with van der Waals surface area (Å²) in [7, 11) is 0. The molecule has 1 saturated carbocycles. The fourth-order valence-electron chi connectivity index (χ4n) is 2.96. The van der Waals surface area contributed by atoms with Gasteiger partial charge in [0, 0.05) is 18.3 Å². The number of para-hydroxylation sites is 1. The molecule has 1 heterocycles. The fraction of sp³-hybridized carbons (Fsp3) is 0.571. The third kappa shape index (κ3) is 2.31. The molecule has 0 aromatic heterocycles. The number of fused-ring (bicyclic) bond motifs is 1. The molecule has 0 saturated heterocycles. The van der Waals surface area contributed by atoms with Crippen LogP contribution >= 0.6 is 0 Å². The van der Waals surface area contributed by atoms with Crippen LogP contribution in [-0.2, 0) is 0 Å². The van der Waals surface area contributed by atoms with E-state index in [0.29, 0.717) is 12.1 Å². The van der Waals surface area contributed by atoms with Crippen molar-refractivity contribution in [3.8, 4) is 0 Å². The van der Waals surface area contributed by atoms with Gasteiger partial charge in [0.15, 0.2) is 0 Å². The van der Waals surface area contributed by atoms with E-state index in [-0.39, 0.29) is 6.10 Å². The van der Waals surface area contributed by atoms with Crippen molar-refractivity contribution in [3.05, 3.63) is 29.8 Å². The summed E-state index contributed by atoms with van der Waals surface area (Å²) in [6.07, 6.45) is 4.01. The minimum Gasteiger partial charge on any atom is -0.393 e. The van der Waals surface area contributed by atoms with E-state index in [1.165, 1.54) is 11.3 Å². The summed E-state index contributed by atoms with van der Waals surface area (Å²) in [5.41, 5.74) is 2.65. The molecule has 0 amide bonds. The van der Waals surface area contributed by atoms with Gasteiger partial charge < -0.3 is 15.7 Å². The zero-order valence-corrected chi connectivity index (χ0v) is 10.0. The van der Waals surface area contributed by atoms with Gasteiger partial charge in [0.05, 0.1) is 12.1 Å². The molecule has 0 bridgehead atoms. The first kappa shape index (κ1) is 11.1. The van der Waals surface area contributed by atoms with E-state index in [1.807, 2.05) is 0 Å². The second-order valence-corrected chi connectivity index (χ2v) is 5.19. The average molecular weight is 232 g/mol. The summed E-state index contributed by atoms with van der Waals surface area (Å²) in [5.74, 6) is 0. The molecule has 1 aliphatic heterocycles. The van der Waals surface area contributed by atoms with Crippen LogP contribution in [0.5, 0.6) is 0 Å². The van der Waals surface area contributed by atoms with Crippen molar-refractivity contribution in [1.82, 2.24) is 5.32 Å². The zero-order valence-electron chi connectivity index (χ0n) is 10.0. The Bertz CT molecular complexity index is 386. The van der Waals surface area contributed by atoms with Gasteiger partial charge in [0.2, 0.25) is 0 Å².